The van der Waals surface area contributed by atoms with Crippen LogP contribution in [0.2, 0.25) is 0 Å². The molecule has 0 saturated carbocycles. The van der Waals surface area contributed by atoms with Crippen LogP contribution in [0.25, 0.3) is 0 Å². The predicted molar refractivity (Wildman–Crippen MR) is 121 cm³/mol. The standard InChI is InChI=1S/C25H21F6NO2S/c1-35-22-8-4-17(5-9-22)14-32(13-16-2-6-19(7-3-16)23(33)34)15-18-10-20(24(26,27)28)12-21(11-18)25(29,30)31/h2-12H,13-15H2,1H3,(H,33,34). The smallest absolute Gasteiger partial charge is 0.416 e. The molecule has 0 aliphatic rings. The number of carbonyl (C=O) groups is 1. The first kappa shape index (κ1) is 26.6. The van der Waals surface area contributed by atoms with E-state index in [9.17, 15) is 31.1 Å². The molecule has 0 amide bonds. The van der Waals surface area contributed by atoms with Crippen LogP contribution in [0.3, 0.4) is 0 Å². The monoisotopic (exact) mass is 513 g/mol. The van der Waals surface area contributed by atoms with E-state index in [1.54, 1.807) is 17.0 Å². The lowest BCUT2D eigenvalue weighted by Crippen LogP contribution is -2.23. The van der Waals surface area contributed by atoms with Gasteiger partial charge in [0.05, 0.1) is 16.7 Å². The highest BCUT2D eigenvalue weighted by Gasteiger charge is 2.37. The zero-order valence-corrected chi connectivity index (χ0v) is 19.3. The van der Waals surface area contributed by atoms with Crippen molar-refractivity contribution in [2.24, 2.45) is 0 Å². The second-order valence-corrected chi connectivity index (χ2v) is 8.79. The largest absolute Gasteiger partial charge is 0.478 e. The summed E-state index contributed by atoms with van der Waals surface area (Å²) in [5.74, 6) is -1.11. The maximum absolute atomic E-state index is 13.3. The van der Waals surface area contributed by atoms with Crippen molar-refractivity contribution in [3.8, 4) is 0 Å². The van der Waals surface area contributed by atoms with Crippen molar-refractivity contribution in [2.45, 2.75) is 36.9 Å². The molecule has 3 aromatic rings. The predicted octanol–water partition coefficient (Wildman–Crippen LogP) is 7.35. The Balaban J connectivity index is 1.95. The molecule has 1 N–H and O–H groups in total. The zero-order valence-electron chi connectivity index (χ0n) is 18.5. The summed E-state index contributed by atoms with van der Waals surface area (Å²) >= 11 is 1.54. The SMILES string of the molecule is CSc1ccc(CN(Cc2ccc(C(=O)O)cc2)Cc2cc(C(F)(F)F)cc(C(F)(F)F)c2)cc1. The number of carboxylic acid groups (broad SMARTS) is 1. The minimum absolute atomic E-state index is 0.0700. The topological polar surface area (TPSA) is 40.5 Å². The van der Waals surface area contributed by atoms with Crippen LogP contribution in [0.5, 0.6) is 0 Å². The van der Waals surface area contributed by atoms with Gasteiger partial charge in [0.15, 0.2) is 0 Å². The summed E-state index contributed by atoms with van der Waals surface area (Å²) < 4.78 is 79.9. The van der Waals surface area contributed by atoms with Gasteiger partial charge >= 0.3 is 18.3 Å². The molecule has 3 rings (SSSR count). The molecule has 0 spiro atoms. The number of halogens is 6. The normalized spacial score (nSPS) is 12.2. The fourth-order valence-corrected chi connectivity index (χ4v) is 3.94. The first-order chi connectivity index (χ1) is 16.3. The molecule has 0 radical (unpaired) electrons. The number of benzene rings is 3. The van der Waals surface area contributed by atoms with Crippen LogP contribution in [0.1, 0.15) is 38.2 Å². The summed E-state index contributed by atoms with van der Waals surface area (Å²) in [7, 11) is 0. The molecular weight excluding hydrogens is 492 g/mol. The fourth-order valence-electron chi connectivity index (χ4n) is 3.54. The van der Waals surface area contributed by atoms with Crippen LogP contribution >= 0.6 is 11.8 Å². The van der Waals surface area contributed by atoms with E-state index in [2.05, 4.69) is 0 Å². The highest BCUT2D eigenvalue weighted by atomic mass is 32.2. The Hall–Kier alpha value is -2.98. The molecule has 0 fully saturated rings. The van der Waals surface area contributed by atoms with Gasteiger partial charge in [-0.3, -0.25) is 4.90 Å². The molecule has 3 nitrogen and oxygen atoms in total. The molecule has 3 aromatic carbocycles. The average molecular weight is 514 g/mol. The molecule has 0 heterocycles. The van der Waals surface area contributed by atoms with Crippen molar-refractivity contribution < 1.29 is 36.2 Å². The van der Waals surface area contributed by atoms with E-state index >= 15 is 0 Å². The van der Waals surface area contributed by atoms with Gasteiger partial charge in [-0.1, -0.05) is 24.3 Å². The molecule has 0 saturated heterocycles. The summed E-state index contributed by atoms with van der Waals surface area (Å²) in [4.78, 5) is 13.8. The van der Waals surface area contributed by atoms with Gasteiger partial charge in [0.25, 0.3) is 0 Å². The summed E-state index contributed by atoms with van der Waals surface area (Å²) in [6.45, 7) is 0.257. The van der Waals surface area contributed by atoms with E-state index < -0.39 is 29.4 Å². The van der Waals surface area contributed by atoms with Gasteiger partial charge in [-0.05, 0) is 65.4 Å². The molecule has 186 valence electrons. The molecule has 35 heavy (non-hydrogen) atoms. The molecule has 0 aliphatic carbocycles. The molecule has 0 aliphatic heterocycles. The Morgan fingerprint density at radius 1 is 0.743 bits per heavy atom. The van der Waals surface area contributed by atoms with Crippen LogP contribution in [0, 0.1) is 0 Å². The van der Waals surface area contributed by atoms with E-state index in [0.717, 1.165) is 22.6 Å². The first-order valence-corrected chi connectivity index (χ1v) is 11.5. The third-order valence-corrected chi connectivity index (χ3v) is 5.97. The first-order valence-electron chi connectivity index (χ1n) is 10.3. The highest BCUT2D eigenvalue weighted by Crippen LogP contribution is 2.36. The van der Waals surface area contributed by atoms with Crippen molar-refractivity contribution in [1.29, 1.82) is 0 Å². The number of aromatic carboxylic acids is 1. The second-order valence-electron chi connectivity index (χ2n) is 7.91. The van der Waals surface area contributed by atoms with Crippen molar-refractivity contribution in [3.63, 3.8) is 0 Å². The molecule has 10 heteroatoms. The van der Waals surface area contributed by atoms with Crippen molar-refractivity contribution in [2.75, 3.05) is 6.26 Å². The molecule has 0 unspecified atom stereocenters. The summed E-state index contributed by atoms with van der Waals surface area (Å²) in [5, 5.41) is 9.08. The van der Waals surface area contributed by atoms with Crippen molar-refractivity contribution >= 4 is 17.7 Å². The van der Waals surface area contributed by atoms with Crippen LogP contribution in [0.4, 0.5) is 26.3 Å². The third kappa shape index (κ3) is 7.50. The van der Waals surface area contributed by atoms with Crippen molar-refractivity contribution in [3.05, 3.63) is 100 Å². The molecule has 0 aromatic heterocycles. The molecular formula is C25H21F6NO2S. The summed E-state index contributed by atoms with van der Waals surface area (Å²) in [6, 6.07) is 15.0. The average Bonchev–Trinajstić information content (AvgIpc) is 2.78. The van der Waals surface area contributed by atoms with Gasteiger partial charge in [0, 0.05) is 24.5 Å². The zero-order chi connectivity index (χ0) is 25.8. The second kappa shape index (κ2) is 10.7. The van der Waals surface area contributed by atoms with E-state index in [4.69, 9.17) is 5.11 Å². The summed E-state index contributed by atoms with van der Waals surface area (Å²) in [5.41, 5.74) is -1.29. The molecule has 0 atom stereocenters. The van der Waals surface area contributed by atoms with Gasteiger partial charge in [-0.15, -0.1) is 11.8 Å². The minimum atomic E-state index is -4.93. The molecule has 0 bridgehead atoms. The maximum Gasteiger partial charge on any atom is 0.416 e. The Bertz CT molecular complexity index is 1130. The minimum Gasteiger partial charge on any atom is -0.478 e. The lowest BCUT2D eigenvalue weighted by atomic mass is 10.0. The van der Waals surface area contributed by atoms with Crippen molar-refractivity contribution in [1.82, 2.24) is 4.90 Å². The Morgan fingerprint density at radius 2 is 1.17 bits per heavy atom. The number of hydrogen-bond acceptors (Lipinski definition) is 3. The Kier molecular flexibility index (Phi) is 8.17. The Labute approximate surface area is 202 Å². The van der Waals surface area contributed by atoms with E-state index in [1.165, 1.54) is 23.9 Å². The number of carboxylic acids is 1. The van der Waals surface area contributed by atoms with E-state index in [0.29, 0.717) is 5.56 Å². The van der Waals surface area contributed by atoms with Gasteiger partial charge in [-0.25, -0.2) is 4.79 Å². The van der Waals surface area contributed by atoms with Crippen LogP contribution in [-0.2, 0) is 32.0 Å². The van der Waals surface area contributed by atoms with Gasteiger partial charge in [0.1, 0.15) is 0 Å². The van der Waals surface area contributed by atoms with Crippen LogP contribution in [0.15, 0.2) is 71.6 Å². The van der Waals surface area contributed by atoms with Gasteiger partial charge in [0.2, 0.25) is 0 Å². The Morgan fingerprint density at radius 3 is 1.57 bits per heavy atom. The summed E-state index contributed by atoms with van der Waals surface area (Å²) in [6.07, 6.45) is -7.95. The lowest BCUT2D eigenvalue weighted by Gasteiger charge is -2.24. The fraction of sp³-hybridized carbons (Fsp3) is 0.240. The number of hydrogen-bond donors (Lipinski definition) is 1. The number of nitrogens with zero attached hydrogens (tertiary/aromatic N) is 1. The van der Waals surface area contributed by atoms with E-state index in [1.807, 2.05) is 30.5 Å². The quantitative estimate of drug-likeness (QED) is 0.253. The highest BCUT2D eigenvalue weighted by molar-refractivity contribution is 7.98. The lowest BCUT2D eigenvalue weighted by molar-refractivity contribution is -0.143. The maximum atomic E-state index is 13.3. The number of alkyl halides is 6. The van der Waals surface area contributed by atoms with Crippen LogP contribution in [-0.4, -0.2) is 22.2 Å². The number of thioether (sulfide) groups is 1. The number of rotatable bonds is 8. The van der Waals surface area contributed by atoms with Gasteiger partial charge in [-0.2, -0.15) is 26.3 Å². The van der Waals surface area contributed by atoms with E-state index in [-0.39, 0.29) is 36.8 Å². The van der Waals surface area contributed by atoms with Crippen LogP contribution < -0.4 is 0 Å². The van der Waals surface area contributed by atoms with Gasteiger partial charge < -0.3 is 5.11 Å². The third-order valence-electron chi connectivity index (χ3n) is 5.23.